The molecule has 1 atom stereocenters. The highest BCUT2D eigenvalue weighted by atomic mass is 16.5. The van der Waals surface area contributed by atoms with Crippen LogP contribution in [0.15, 0.2) is 77.0 Å². The van der Waals surface area contributed by atoms with Crippen LogP contribution in [0.3, 0.4) is 0 Å². The van der Waals surface area contributed by atoms with Crippen molar-refractivity contribution in [2.45, 2.75) is 19.9 Å². The zero-order valence-corrected chi connectivity index (χ0v) is 17.1. The minimum absolute atomic E-state index is 0.0943. The summed E-state index contributed by atoms with van der Waals surface area (Å²) in [5.74, 6) is 0.405. The molecule has 2 aromatic carbocycles. The second-order valence-corrected chi connectivity index (χ2v) is 6.87. The van der Waals surface area contributed by atoms with Crippen LogP contribution in [0, 0.1) is 6.92 Å². The molecular weight excluding hydrogens is 380 g/mol. The smallest absolute Gasteiger partial charge is 0.268 e. The van der Waals surface area contributed by atoms with E-state index in [1.165, 1.54) is 12.3 Å². The summed E-state index contributed by atoms with van der Waals surface area (Å²) in [5, 5.41) is 5.61. The Kier molecular flexibility index (Phi) is 6.70. The summed E-state index contributed by atoms with van der Waals surface area (Å²) in [6.45, 7) is 3.77. The van der Waals surface area contributed by atoms with Crippen LogP contribution in [0.2, 0.25) is 0 Å². The summed E-state index contributed by atoms with van der Waals surface area (Å²) in [5.41, 5.74) is 2.43. The van der Waals surface area contributed by atoms with E-state index < -0.39 is 5.91 Å². The van der Waals surface area contributed by atoms with Crippen molar-refractivity contribution in [3.63, 3.8) is 0 Å². The zero-order chi connectivity index (χ0) is 21.5. The molecule has 30 heavy (non-hydrogen) atoms. The van der Waals surface area contributed by atoms with Gasteiger partial charge in [-0.05, 0) is 55.8 Å². The monoisotopic (exact) mass is 404 g/mol. The lowest BCUT2D eigenvalue weighted by atomic mass is 10.1. The summed E-state index contributed by atoms with van der Waals surface area (Å²) < 4.78 is 10.5. The van der Waals surface area contributed by atoms with Gasteiger partial charge in [0, 0.05) is 11.6 Å². The summed E-state index contributed by atoms with van der Waals surface area (Å²) in [6.07, 6.45) is 3.01. The average Bonchev–Trinajstić information content (AvgIpc) is 3.26. The third-order valence-electron chi connectivity index (χ3n) is 4.57. The fourth-order valence-corrected chi connectivity index (χ4v) is 2.91. The van der Waals surface area contributed by atoms with Gasteiger partial charge in [-0.1, -0.05) is 29.8 Å². The molecule has 6 nitrogen and oxygen atoms in total. The van der Waals surface area contributed by atoms with Crippen molar-refractivity contribution in [3.8, 4) is 5.75 Å². The highest BCUT2D eigenvalue weighted by Crippen LogP contribution is 2.18. The van der Waals surface area contributed by atoms with Crippen LogP contribution in [-0.4, -0.2) is 18.9 Å². The molecule has 2 N–H and O–H groups in total. The van der Waals surface area contributed by atoms with Crippen LogP contribution in [0.25, 0.3) is 6.08 Å². The number of rotatable bonds is 7. The number of furan rings is 1. The van der Waals surface area contributed by atoms with Gasteiger partial charge < -0.3 is 19.8 Å². The summed E-state index contributed by atoms with van der Waals surface area (Å²) in [6, 6.07) is 17.7. The van der Waals surface area contributed by atoms with Gasteiger partial charge in [0.25, 0.3) is 11.8 Å². The van der Waals surface area contributed by atoms with E-state index in [0.29, 0.717) is 11.3 Å². The lowest BCUT2D eigenvalue weighted by Gasteiger charge is -2.17. The van der Waals surface area contributed by atoms with Crippen LogP contribution >= 0.6 is 0 Å². The summed E-state index contributed by atoms with van der Waals surface area (Å²) in [4.78, 5) is 25.6. The fraction of sp³-hybridized carbons (Fsp3) is 0.167. The molecule has 0 spiro atoms. The predicted octanol–water partition coefficient (Wildman–Crippen LogP) is 4.24. The minimum atomic E-state index is -0.421. The Labute approximate surface area is 175 Å². The Bertz CT molecular complexity index is 1040. The number of nitrogens with one attached hydrogen (secondary N) is 2. The molecule has 0 unspecified atom stereocenters. The second kappa shape index (κ2) is 9.60. The van der Waals surface area contributed by atoms with Crippen LogP contribution < -0.4 is 15.4 Å². The molecule has 1 aromatic heterocycles. The van der Waals surface area contributed by atoms with Gasteiger partial charge in [-0.15, -0.1) is 0 Å². The van der Waals surface area contributed by atoms with Crippen LogP contribution in [0.4, 0.5) is 0 Å². The molecule has 0 bridgehead atoms. The van der Waals surface area contributed by atoms with Crippen LogP contribution in [-0.2, 0) is 4.79 Å². The van der Waals surface area contributed by atoms with Gasteiger partial charge in [-0.3, -0.25) is 9.59 Å². The number of ether oxygens (including phenoxy) is 1. The number of carbonyl (C=O) groups excluding carboxylic acids is 2. The molecule has 0 aliphatic carbocycles. The average molecular weight is 404 g/mol. The first-order valence-electron chi connectivity index (χ1n) is 9.54. The fourth-order valence-electron chi connectivity index (χ4n) is 2.91. The van der Waals surface area contributed by atoms with E-state index in [-0.39, 0.29) is 17.6 Å². The molecular formula is C24H24N2O4. The number of methoxy groups -OCH3 is 1. The quantitative estimate of drug-likeness (QED) is 0.577. The maximum Gasteiger partial charge on any atom is 0.268 e. The van der Waals surface area contributed by atoms with E-state index >= 15 is 0 Å². The molecule has 3 rings (SSSR count). The van der Waals surface area contributed by atoms with Gasteiger partial charge in [0.15, 0.2) is 0 Å². The first-order valence-corrected chi connectivity index (χ1v) is 9.54. The standard InChI is InChI=1S/C24H24N2O4/c1-16-6-4-7-19(14-16)23(27)26-22(15-21-8-5-13-30-21)24(28)25-17(2)18-9-11-20(29-3)12-10-18/h4-15,17H,1-3H3,(H,25,28)(H,26,27)/b22-15-/t17-/m1/s1. The molecule has 154 valence electrons. The van der Waals surface area contributed by atoms with Gasteiger partial charge in [-0.25, -0.2) is 0 Å². The normalized spacial score (nSPS) is 12.2. The van der Waals surface area contributed by atoms with E-state index in [1.807, 2.05) is 44.2 Å². The van der Waals surface area contributed by atoms with E-state index in [4.69, 9.17) is 9.15 Å². The largest absolute Gasteiger partial charge is 0.497 e. The van der Waals surface area contributed by atoms with Crippen molar-refractivity contribution in [1.82, 2.24) is 10.6 Å². The molecule has 3 aromatic rings. The number of carbonyl (C=O) groups is 2. The van der Waals surface area contributed by atoms with Gasteiger partial charge in [-0.2, -0.15) is 0 Å². The van der Waals surface area contributed by atoms with Gasteiger partial charge >= 0.3 is 0 Å². The highest BCUT2D eigenvalue weighted by molar-refractivity contribution is 6.05. The molecule has 0 fully saturated rings. The zero-order valence-electron chi connectivity index (χ0n) is 17.1. The van der Waals surface area contributed by atoms with E-state index in [9.17, 15) is 9.59 Å². The Balaban J connectivity index is 1.79. The number of amides is 2. The summed E-state index contributed by atoms with van der Waals surface area (Å²) in [7, 11) is 1.60. The third kappa shape index (κ3) is 5.38. The number of hydrogen-bond donors (Lipinski definition) is 2. The molecule has 0 aliphatic rings. The predicted molar refractivity (Wildman–Crippen MR) is 115 cm³/mol. The SMILES string of the molecule is COc1ccc([C@@H](C)NC(=O)/C(=C/c2ccco2)NC(=O)c2cccc(C)c2)cc1. The second-order valence-electron chi connectivity index (χ2n) is 6.87. The first-order chi connectivity index (χ1) is 14.5. The van der Waals surface area contributed by atoms with Crippen molar-refractivity contribution in [3.05, 3.63) is 95.1 Å². The summed E-state index contributed by atoms with van der Waals surface area (Å²) >= 11 is 0. The van der Waals surface area contributed by atoms with E-state index in [1.54, 1.807) is 37.4 Å². The number of aryl methyl sites for hydroxylation is 1. The van der Waals surface area contributed by atoms with E-state index in [2.05, 4.69) is 10.6 Å². The van der Waals surface area contributed by atoms with Crippen molar-refractivity contribution >= 4 is 17.9 Å². The molecule has 2 amide bonds. The molecule has 6 heteroatoms. The number of hydrogen-bond acceptors (Lipinski definition) is 4. The number of benzene rings is 2. The van der Waals surface area contributed by atoms with Crippen molar-refractivity contribution in [1.29, 1.82) is 0 Å². The molecule has 0 saturated heterocycles. The van der Waals surface area contributed by atoms with Gasteiger partial charge in [0.2, 0.25) is 0 Å². The van der Waals surface area contributed by atoms with Gasteiger partial charge in [0.1, 0.15) is 17.2 Å². The third-order valence-corrected chi connectivity index (χ3v) is 4.57. The molecule has 0 aliphatic heterocycles. The first kappa shape index (κ1) is 20.9. The topological polar surface area (TPSA) is 80.6 Å². The van der Waals surface area contributed by atoms with Crippen LogP contribution in [0.5, 0.6) is 5.75 Å². The van der Waals surface area contributed by atoms with Crippen molar-refractivity contribution in [2.75, 3.05) is 7.11 Å². The van der Waals surface area contributed by atoms with E-state index in [0.717, 1.165) is 16.9 Å². The van der Waals surface area contributed by atoms with Crippen molar-refractivity contribution in [2.24, 2.45) is 0 Å². The molecule has 0 radical (unpaired) electrons. The molecule has 1 heterocycles. The molecule has 0 saturated carbocycles. The Morgan fingerprint density at radius 3 is 2.47 bits per heavy atom. The minimum Gasteiger partial charge on any atom is -0.497 e. The lowest BCUT2D eigenvalue weighted by molar-refractivity contribution is -0.118. The Hall–Kier alpha value is -3.80. The van der Waals surface area contributed by atoms with Crippen molar-refractivity contribution < 1.29 is 18.7 Å². The highest BCUT2D eigenvalue weighted by Gasteiger charge is 2.18. The Morgan fingerprint density at radius 2 is 1.83 bits per heavy atom. The maximum absolute atomic E-state index is 12.9. The maximum atomic E-state index is 12.9. The Morgan fingerprint density at radius 1 is 1.07 bits per heavy atom. The lowest BCUT2D eigenvalue weighted by Crippen LogP contribution is -2.36. The van der Waals surface area contributed by atoms with Gasteiger partial charge in [0.05, 0.1) is 19.4 Å². The van der Waals surface area contributed by atoms with Crippen LogP contribution in [0.1, 0.15) is 40.2 Å².